The van der Waals surface area contributed by atoms with Crippen LogP contribution in [0.3, 0.4) is 0 Å². The van der Waals surface area contributed by atoms with Crippen molar-refractivity contribution in [1.82, 2.24) is 13.7 Å². The fourth-order valence-electron chi connectivity index (χ4n) is 1.88. The zero-order valence-corrected chi connectivity index (χ0v) is 13.0. The third kappa shape index (κ3) is 2.65. The Labute approximate surface area is 120 Å². The number of likely N-dealkylation sites (N-methyl/N-ethyl adjacent to an activating group) is 1. The van der Waals surface area contributed by atoms with Gasteiger partial charge < -0.3 is 10.5 Å². The molecule has 0 atom stereocenters. The molecule has 0 spiro atoms. The molecule has 0 bridgehead atoms. The molecule has 8 nitrogen and oxygen atoms in total. The number of rotatable bonds is 5. The molecule has 2 rings (SSSR count). The van der Waals surface area contributed by atoms with Crippen molar-refractivity contribution in [1.29, 1.82) is 0 Å². The average molecular weight is 319 g/mol. The summed E-state index contributed by atoms with van der Waals surface area (Å²) in [6.45, 7) is 3.03. The maximum atomic E-state index is 12.6. The van der Waals surface area contributed by atoms with Gasteiger partial charge in [-0.3, -0.25) is 4.40 Å². The van der Waals surface area contributed by atoms with Crippen LogP contribution < -0.4 is 11.3 Å². The molecular weight excluding hydrogens is 302 g/mol. The van der Waals surface area contributed by atoms with Crippen molar-refractivity contribution >= 4 is 32.1 Å². The molecule has 0 amide bonds. The van der Waals surface area contributed by atoms with Gasteiger partial charge in [-0.05, 0) is 13.8 Å². The van der Waals surface area contributed by atoms with Gasteiger partial charge in [-0.2, -0.15) is 9.29 Å². The van der Waals surface area contributed by atoms with E-state index in [1.165, 1.54) is 36.6 Å². The van der Waals surface area contributed by atoms with E-state index in [9.17, 15) is 13.5 Å². The van der Waals surface area contributed by atoms with Crippen LogP contribution in [-0.4, -0.2) is 46.4 Å². The van der Waals surface area contributed by atoms with Gasteiger partial charge in [0.15, 0.2) is 10.8 Å². The SMILES string of the molecule is CN(CC(C)(C)O)S(=O)(=O)c1c(NN)nc2sccn12. The van der Waals surface area contributed by atoms with Gasteiger partial charge in [-0.25, -0.2) is 14.3 Å². The highest BCUT2D eigenvalue weighted by molar-refractivity contribution is 7.89. The van der Waals surface area contributed by atoms with Gasteiger partial charge in [0, 0.05) is 25.2 Å². The van der Waals surface area contributed by atoms with Crippen LogP contribution in [0, 0.1) is 0 Å². The number of aliphatic hydroxyl groups is 1. The van der Waals surface area contributed by atoms with Gasteiger partial charge >= 0.3 is 0 Å². The van der Waals surface area contributed by atoms with Gasteiger partial charge in [0.2, 0.25) is 5.03 Å². The second kappa shape index (κ2) is 4.97. The zero-order chi connectivity index (χ0) is 15.1. The fraction of sp³-hybridized carbons (Fsp3) is 0.500. The monoisotopic (exact) mass is 319 g/mol. The molecule has 2 aromatic heterocycles. The minimum Gasteiger partial charge on any atom is -0.389 e. The van der Waals surface area contributed by atoms with E-state index >= 15 is 0 Å². The number of fused-ring (bicyclic) bond motifs is 1. The first kappa shape index (κ1) is 15.2. The Kier molecular flexibility index (Phi) is 3.77. The molecule has 10 heteroatoms. The molecule has 0 fully saturated rings. The van der Waals surface area contributed by atoms with Crippen molar-refractivity contribution in [2.24, 2.45) is 5.84 Å². The van der Waals surface area contributed by atoms with Crippen molar-refractivity contribution in [3.63, 3.8) is 0 Å². The molecule has 0 aliphatic heterocycles. The Hall–Kier alpha value is -1.20. The summed E-state index contributed by atoms with van der Waals surface area (Å²) in [6, 6.07) is 0. The summed E-state index contributed by atoms with van der Waals surface area (Å²) in [6.07, 6.45) is 1.61. The molecule has 0 saturated heterocycles. The lowest BCUT2D eigenvalue weighted by Crippen LogP contribution is -2.40. The summed E-state index contributed by atoms with van der Waals surface area (Å²) in [4.78, 5) is 4.63. The molecule has 0 radical (unpaired) electrons. The third-order valence-electron chi connectivity index (χ3n) is 2.62. The number of nitrogens with two attached hydrogens (primary N) is 1. The molecule has 2 heterocycles. The number of imidazole rings is 1. The van der Waals surface area contributed by atoms with Crippen LogP contribution in [-0.2, 0) is 10.0 Å². The summed E-state index contributed by atoms with van der Waals surface area (Å²) in [7, 11) is -2.43. The number of hydrogen-bond donors (Lipinski definition) is 3. The van der Waals surface area contributed by atoms with Crippen molar-refractivity contribution in [3.8, 4) is 0 Å². The smallest absolute Gasteiger partial charge is 0.262 e. The lowest BCUT2D eigenvalue weighted by molar-refractivity contribution is 0.0639. The number of thiazole rings is 1. The lowest BCUT2D eigenvalue weighted by Gasteiger charge is -2.24. The number of hydrazine groups is 1. The van der Waals surface area contributed by atoms with E-state index in [4.69, 9.17) is 5.84 Å². The summed E-state index contributed by atoms with van der Waals surface area (Å²) in [5.74, 6) is 5.43. The first-order valence-corrected chi connectivity index (χ1v) is 8.09. The molecule has 0 aliphatic rings. The largest absolute Gasteiger partial charge is 0.389 e. The van der Waals surface area contributed by atoms with E-state index in [-0.39, 0.29) is 17.4 Å². The van der Waals surface area contributed by atoms with Crippen molar-refractivity contribution in [2.75, 3.05) is 19.0 Å². The number of hydrogen-bond acceptors (Lipinski definition) is 7. The number of nitrogens with zero attached hydrogens (tertiary/aromatic N) is 3. The number of sulfonamides is 1. The lowest BCUT2D eigenvalue weighted by atomic mass is 10.1. The highest BCUT2D eigenvalue weighted by Gasteiger charge is 2.32. The second-order valence-corrected chi connectivity index (χ2v) is 7.87. The minimum atomic E-state index is -3.83. The molecule has 4 N–H and O–H groups in total. The van der Waals surface area contributed by atoms with Gasteiger partial charge in [0.25, 0.3) is 10.0 Å². The van der Waals surface area contributed by atoms with Crippen LogP contribution in [0.5, 0.6) is 0 Å². The predicted octanol–water partition coefficient (Wildman–Crippen LogP) is 0.0728. The van der Waals surface area contributed by atoms with Crippen LogP contribution in [0.2, 0.25) is 0 Å². The van der Waals surface area contributed by atoms with Crippen LogP contribution in [0.4, 0.5) is 5.82 Å². The fourth-order valence-corrected chi connectivity index (χ4v) is 4.18. The quantitative estimate of drug-likeness (QED) is 0.531. The highest BCUT2D eigenvalue weighted by Crippen LogP contribution is 2.27. The predicted molar refractivity (Wildman–Crippen MR) is 77.0 cm³/mol. The van der Waals surface area contributed by atoms with E-state index in [2.05, 4.69) is 10.4 Å². The Bertz CT molecular complexity index is 713. The standard InChI is InChI=1S/C10H17N5O3S2/c1-10(2,16)6-14(3)20(17,18)8-7(13-11)12-9-15(8)4-5-19-9/h4-5,13,16H,6,11H2,1-3H3. The Morgan fingerprint density at radius 2 is 2.25 bits per heavy atom. The van der Waals surface area contributed by atoms with Gasteiger partial charge in [0.05, 0.1) is 5.60 Å². The minimum absolute atomic E-state index is 0.0389. The van der Waals surface area contributed by atoms with Gasteiger partial charge in [-0.1, -0.05) is 0 Å². The first-order valence-electron chi connectivity index (χ1n) is 5.78. The Balaban J connectivity index is 2.53. The summed E-state index contributed by atoms with van der Waals surface area (Å²) in [5, 5.41) is 11.5. The van der Waals surface area contributed by atoms with Gasteiger partial charge in [-0.15, -0.1) is 11.3 Å². The number of nitrogen functional groups attached to an aromatic ring is 1. The molecule has 20 heavy (non-hydrogen) atoms. The summed E-state index contributed by atoms with van der Waals surface area (Å²) < 4.78 is 27.8. The van der Waals surface area contributed by atoms with E-state index in [0.29, 0.717) is 4.96 Å². The maximum Gasteiger partial charge on any atom is 0.262 e. The second-order valence-electron chi connectivity index (χ2n) is 5.04. The van der Waals surface area contributed by atoms with Crippen molar-refractivity contribution in [2.45, 2.75) is 24.5 Å². The molecule has 0 aromatic carbocycles. The molecule has 0 aliphatic carbocycles. The van der Waals surface area contributed by atoms with Gasteiger partial charge in [0.1, 0.15) is 0 Å². The summed E-state index contributed by atoms with van der Waals surface area (Å²) >= 11 is 1.30. The summed E-state index contributed by atoms with van der Waals surface area (Å²) in [5.41, 5.74) is 1.16. The molecule has 2 aromatic rings. The third-order valence-corrected chi connectivity index (χ3v) is 5.20. The molecular formula is C10H17N5O3S2. The Morgan fingerprint density at radius 1 is 1.60 bits per heavy atom. The zero-order valence-electron chi connectivity index (χ0n) is 11.4. The van der Waals surface area contributed by atoms with E-state index < -0.39 is 15.6 Å². The van der Waals surface area contributed by atoms with Crippen LogP contribution in [0.15, 0.2) is 16.6 Å². The number of anilines is 1. The van der Waals surface area contributed by atoms with Crippen molar-refractivity contribution in [3.05, 3.63) is 11.6 Å². The molecule has 0 unspecified atom stereocenters. The number of aromatic nitrogens is 2. The van der Waals surface area contributed by atoms with Crippen LogP contribution >= 0.6 is 11.3 Å². The average Bonchev–Trinajstić information content (AvgIpc) is 2.84. The topological polar surface area (TPSA) is 113 Å². The van der Waals surface area contributed by atoms with Crippen LogP contribution in [0.25, 0.3) is 4.96 Å². The van der Waals surface area contributed by atoms with Crippen molar-refractivity contribution < 1.29 is 13.5 Å². The molecule has 0 saturated carbocycles. The van der Waals surface area contributed by atoms with E-state index in [1.807, 2.05) is 0 Å². The first-order chi connectivity index (χ1) is 9.16. The van der Waals surface area contributed by atoms with E-state index in [1.54, 1.807) is 11.6 Å². The maximum absolute atomic E-state index is 12.6. The van der Waals surface area contributed by atoms with Crippen LogP contribution in [0.1, 0.15) is 13.8 Å². The Morgan fingerprint density at radius 3 is 2.80 bits per heavy atom. The number of nitrogens with one attached hydrogen (secondary N) is 1. The highest BCUT2D eigenvalue weighted by atomic mass is 32.2. The molecule has 112 valence electrons. The normalized spacial score (nSPS) is 13.3. The van der Waals surface area contributed by atoms with E-state index in [0.717, 1.165) is 4.31 Å².